The van der Waals surface area contributed by atoms with E-state index < -0.39 is 23.1 Å². The maximum Gasteiger partial charge on any atom is 0.397 e. The first-order valence-electron chi connectivity index (χ1n) is 7.87. The van der Waals surface area contributed by atoms with Crippen LogP contribution in [-0.2, 0) is 11.2 Å². The van der Waals surface area contributed by atoms with Crippen LogP contribution >= 0.6 is 0 Å². The van der Waals surface area contributed by atoms with Crippen LogP contribution in [0.3, 0.4) is 0 Å². The molecule has 1 aromatic carbocycles. The summed E-state index contributed by atoms with van der Waals surface area (Å²) < 4.78 is 39.3. The van der Waals surface area contributed by atoms with Gasteiger partial charge in [0.2, 0.25) is 0 Å². The number of alkyl halides is 3. The highest BCUT2D eigenvalue weighted by Crippen LogP contribution is 2.59. The Balaban J connectivity index is 1.88. The highest BCUT2D eigenvalue weighted by Gasteiger charge is 2.62. The van der Waals surface area contributed by atoms with Crippen molar-refractivity contribution in [2.75, 3.05) is 6.54 Å². The zero-order chi connectivity index (χ0) is 17.5. The molecule has 126 valence electrons. The highest BCUT2D eigenvalue weighted by atomic mass is 19.4. The van der Waals surface area contributed by atoms with Crippen LogP contribution in [0.4, 0.5) is 13.2 Å². The van der Waals surface area contributed by atoms with Gasteiger partial charge < -0.3 is 4.90 Å². The van der Waals surface area contributed by atoms with Crippen molar-refractivity contribution in [3.63, 3.8) is 0 Å². The van der Waals surface area contributed by atoms with Crippen LogP contribution in [0, 0.1) is 16.7 Å². The van der Waals surface area contributed by atoms with Gasteiger partial charge in [0, 0.05) is 6.54 Å². The van der Waals surface area contributed by atoms with Crippen molar-refractivity contribution in [3.8, 4) is 6.07 Å². The number of rotatable bonds is 2. The van der Waals surface area contributed by atoms with E-state index in [0.29, 0.717) is 13.0 Å². The number of benzene rings is 1. The molecule has 0 radical (unpaired) electrons. The van der Waals surface area contributed by atoms with Crippen molar-refractivity contribution in [2.24, 2.45) is 5.41 Å². The highest BCUT2D eigenvalue weighted by molar-refractivity contribution is 5.97. The smallest absolute Gasteiger partial charge is 0.331 e. The van der Waals surface area contributed by atoms with Gasteiger partial charge in [-0.05, 0) is 43.4 Å². The van der Waals surface area contributed by atoms with E-state index in [4.69, 9.17) is 0 Å². The fraction of sp³-hybridized carbons (Fsp3) is 0.444. The third-order valence-corrected chi connectivity index (χ3v) is 4.98. The van der Waals surface area contributed by atoms with Crippen molar-refractivity contribution in [1.29, 1.82) is 5.26 Å². The van der Waals surface area contributed by atoms with Gasteiger partial charge in [-0.2, -0.15) is 18.4 Å². The number of nitriles is 1. The normalized spacial score (nSPS) is 22.5. The summed E-state index contributed by atoms with van der Waals surface area (Å²) in [5.41, 5.74) is -0.294. The van der Waals surface area contributed by atoms with E-state index >= 15 is 0 Å². The van der Waals surface area contributed by atoms with Gasteiger partial charge in [-0.1, -0.05) is 24.3 Å². The van der Waals surface area contributed by atoms with E-state index in [1.54, 1.807) is 6.07 Å². The molecule has 0 bridgehead atoms. The Morgan fingerprint density at radius 2 is 2.04 bits per heavy atom. The van der Waals surface area contributed by atoms with Crippen LogP contribution < -0.4 is 0 Å². The van der Waals surface area contributed by atoms with E-state index in [-0.39, 0.29) is 18.9 Å². The summed E-state index contributed by atoms with van der Waals surface area (Å²) in [4.78, 5) is 14.1. The van der Waals surface area contributed by atoms with Gasteiger partial charge in [-0.25, -0.2) is 0 Å². The summed E-state index contributed by atoms with van der Waals surface area (Å²) in [7, 11) is 0. The van der Waals surface area contributed by atoms with E-state index in [2.05, 4.69) is 0 Å². The molecule has 1 aliphatic carbocycles. The van der Waals surface area contributed by atoms with Crippen molar-refractivity contribution < 1.29 is 18.0 Å². The Labute approximate surface area is 138 Å². The Hall–Kier alpha value is -2.29. The molecule has 6 heteroatoms. The molecule has 2 aliphatic rings. The van der Waals surface area contributed by atoms with Crippen LogP contribution in [0.25, 0.3) is 0 Å². The number of amides is 1. The van der Waals surface area contributed by atoms with Gasteiger partial charge >= 0.3 is 6.18 Å². The number of halogens is 3. The molecule has 1 saturated carbocycles. The quantitative estimate of drug-likeness (QED) is 0.608. The average Bonchev–Trinajstić information content (AvgIpc) is 3.33. The molecule has 0 aromatic heterocycles. The number of allylic oxidation sites excluding steroid dienone is 1. The predicted molar refractivity (Wildman–Crippen MR) is 81.7 cm³/mol. The van der Waals surface area contributed by atoms with Gasteiger partial charge in [0.05, 0.1) is 11.5 Å². The number of nitrogens with zero attached hydrogens (tertiary/aromatic N) is 2. The standard InChI is InChI=1S/C18H17F3N2O/c1-12-15-5-3-2-4-13(15)6-9-23(12)16(24)14(11-22)10-17(7-8-17)18(19,20)21/h2-5,10,12H,6-9H2,1H3/b14-10+. The van der Waals surface area contributed by atoms with Crippen molar-refractivity contribution in [3.05, 3.63) is 47.0 Å². The van der Waals surface area contributed by atoms with Gasteiger partial charge in [0.25, 0.3) is 5.91 Å². The minimum absolute atomic E-state index is 0.0622. The van der Waals surface area contributed by atoms with E-state index in [9.17, 15) is 23.2 Å². The molecule has 1 unspecified atom stereocenters. The molecule has 24 heavy (non-hydrogen) atoms. The monoisotopic (exact) mass is 334 g/mol. The lowest BCUT2D eigenvalue weighted by Gasteiger charge is -2.35. The Kier molecular flexibility index (Phi) is 3.90. The Morgan fingerprint density at radius 3 is 2.62 bits per heavy atom. The second kappa shape index (κ2) is 5.66. The maximum atomic E-state index is 13.1. The lowest BCUT2D eigenvalue weighted by molar-refractivity contribution is -0.172. The van der Waals surface area contributed by atoms with Crippen molar-refractivity contribution >= 4 is 5.91 Å². The summed E-state index contributed by atoms with van der Waals surface area (Å²) in [6.07, 6.45) is -3.08. The van der Waals surface area contributed by atoms with Crippen LogP contribution in [0.5, 0.6) is 0 Å². The maximum absolute atomic E-state index is 13.1. The van der Waals surface area contributed by atoms with Crippen LogP contribution in [0.2, 0.25) is 0 Å². The average molecular weight is 334 g/mol. The molecule has 0 N–H and O–H groups in total. The molecule has 1 aliphatic heterocycles. The summed E-state index contributed by atoms with van der Waals surface area (Å²) in [5, 5.41) is 9.23. The molecule has 1 amide bonds. The molecule has 1 aromatic rings. The minimum atomic E-state index is -4.42. The Morgan fingerprint density at radius 1 is 1.38 bits per heavy atom. The van der Waals surface area contributed by atoms with Crippen molar-refractivity contribution in [2.45, 2.75) is 38.4 Å². The summed E-state index contributed by atoms with van der Waals surface area (Å²) in [6, 6.07) is 9.10. The molecule has 3 nitrogen and oxygen atoms in total. The van der Waals surface area contributed by atoms with E-state index in [1.807, 2.05) is 31.2 Å². The molecule has 1 heterocycles. The first-order chi connectivity index (χ1) is 11.3. The van der Waals surface area contributed by atoms with Gasteiger partial charge in [-0.15, -0.1) is 0 Å². The number of hydrogen-bond donors (Lipinski definition) is 0. The van der Waals surface area contributed by atoms with Gasteiger partial charge in [-0.3, -0.25) is 4.79 Å². The van der Waals surface area contributed by atoms with Crippen LogP contribution in [0.15, 0.2) is 35.9 Å². The number of fused-ring (bicyclic) bond motifs is 1. The minimum Gasteiger partial charge on any atom is -0.331 e. The van der Waals surface area contributed by atoms with Crippen molar-refractivity contribution in [1.82, 2.24) is 4.90 Å². The molecule has 0 spiro atoms. The second-order valence-corrected chi connectivity index (χ2v) is 6.45. The zero-order valence-electron chi connectivity index (χ0n) is 13.2. The predicted octanol–water partition coefficient (Wildman–Crippen LogP) is 3.92. The van der Waals surface area contributed by atoms with Gasteiger partial charge in [0.15, 0.2) is 0 Å². The number of carbonyl (C=O) groups is 1. The van der Waals surface area contributed by atoms with Crippen LogP contribution in [-0.4, -0.2) is 23.5 Å². The molecule has 3 rings (SSSR count). The fourth-order valence-corrected chi connectivity index (χ4v) is 3.27. The lowest BCUT2D eigenvalue weighted by Crippen LogP contribution is -2.39. The molecule has 1 atom stereocenters. The van der Waals surface area contributed by atoms with Crippen LogP contribution in [0.1, 0.15) is 36.9 Å². The third kappa shape index (κ3) is 2.68. The molecular formula is C18H17F3N2O. The zero-order valence-corrected chi connectivity index (χ0v) is 13.2. The SMILES string of the molecule is CC1c2ccccc2CCN1C(=O)/C(C#N)=C/C1(C(F)(F)F)CC1. The largest absolute Gasteiger partial charge is 0.397 e. The number of carbonyl (C=O) groups excluding carboxylic acids is 1. The first-order valence-corrected chi connectivity index (χ1v) is 7.87. The van der Waals surface area contributed by atoms with E-state index in [0.717, 1.165) is 17.2 Å². The fourth-order valence-electron chi connectivity index (χ4n) is 3.27. The summed E-state index contributed by atoms with van der Waals surface area (Å²) >= 11 is 0. The van der Waals surface area contributed by atoms with E-state index in [1.165, 1.54) is 4.90 Å². The third-order valence-electron chi connectivity index (χ3n) is 4.98. The molecular weight excluding hydrogens is 317 g/mol. The topological polar surface area (TPSA) is 44.1 Å². The van der Waals surface area contributed by atoms with Gasteiger partial charge in [0.1, 0.15) is 11.6 Å². The Bertz CT molecular complexity index is 741. The molecule has 0 saturated heterocycles. The molecule has 1 fully saturated rings. The lowest BCUT2D eigenvalue weighted by atomic mass is 9.92. The number of hydrogen-bond acceptors (Lipinski definition) is 2. The first kappa shape index (κ1) is 16.6. The summed E-state index contributed by atoms with van der Waals surface area (Å²) in [5.74, 6) is -0.616. The second-order valence-electron chi connectivity index (χ2n) is 6.45. The summed E-state index contributed by atoms with van der Waals surface area (Å²) in [6.45, 7) is 2.23.